The van der Waals surface area contributed by atoms with Gasteiger partial charge in [-0.25, -0.2) is 4.39 Å². The normalized spacial score (nSPS) is 10.3. The topological polar surface area (TPSA) is 80.0 Å². The maximum Gasteiger partial charge on any atom is 0.253 e. The fourth-order valence-electron chi connectivity index (χ4n) is 2.30. The summed E-state index contributed by atoms with van der Waals surface area (Å²) in [7, 11) is 0. The van der Waals surface area contributed by atoms with Crippen LogP contribution < -0.4 is 10.6 Å². The summed E-state index contributed by atoms with van der Waals surface area (Å²) in [6.45, 7) is 4.21. The van der Waals surface area contributed by atoms with Crippen molar-refractivity contribution in [1.82, 2.24) is 15.5 Å². The lowest BCUT2D eigenvalue weighted by atomic mass is 10.1. The Labute approximate surface area is 149 Å². The van der Waals surface area contributed by atoms with Gasteiger partial charge in [-0.3, -0.25) is 4.79 Å². The standard InChI is InChI=1S/C19H17FN4O2/c1-2-11-21-18(25)15-5-3-4-6-16(15)22-12-17-23-24-19(26-17)13-7-9-14(20)10-8-13/h2-10,22H,1,11-12H2,(H,21,25). The van der Waals surface area contributed by atoms with Gasteiger partial charge in [0.05, 0.1) is 12.1 Å². The largest absolute Gasteiger partial charge is 0.419 e. The number of nitrogens with one attached hydrogen (secondary N) is 2. The fourth-order valence-corrected chi connectivity index (χ4v) is 2.30. The van der Waals surface area contributed by atoms with Crippen molar-refractivity contribution >= 4 is 11.6 Å². The van der Waals surface area contributed by atoms with E-state index >= 15 is 0 Å². The van der Waals surface area contributed by atoms with E-state index in [9.17, 15) is 9.18 Å². The third kappa shape index (κ3) is 4.13. The van der Waals surface area contributed by atoms with Gasteiger partial charge in [-0.1, -0.05) is 18.2 Å². The SMILES string of the molecule is C=CCNC(=O)c1ccccc1NCc1nnc(-c2ccc(F)cc2)o1. The molecule has 3 rings (SSSR count). The summed E-state index contributed by atoms with van der Waals surface area (Å²) in [5.41, 5.74) is 1.79. The number of rotatable bonds is 7. The van der Waals surface area contributed by atoms with Crippen LogP contribution in [-0.2, 0) is 6.54 Å². The van der Waals surface area contributed by atoms with Crippen molar-refractivity contribution in [1.29, 1.82) is 0 Å². The molecule has 1 amide bonds. The maximum absolute atomic E-state index is 13.0. The number of carbonyl (C=O) groups excluding carboxylic acids is 1. The third-order valence-electron chi connectivity index (χ3n) is 3.57. The second kappa shape index (κ2) is 8.06. The summed E-state index contributed by atoms with van der Waals surface area (Å²) in [6, 6.07) is 12.9. The molecule has 0 bridgehead atoms. The molecule has 0 spiro atoms. The number of hydrogen-bond donors (Lipinski definition) is 2. The van der Waals surface area contributed by atoms with Crippen LogP contribution in [0.1, 0.15) is 16.2 Å². The molecule has 26 heavy (non-hydrogen) atoms. The molecule has 0 saturated heterocycles. The molecule has 0 saturated carbocycles. The zero-order valence-electron chi connectivity index (χ0n) is 13.9. The zero-order valence-corrected chi connectivity index (χ0v) is 13.9. The van der Waals surface area contributed by atoms with Crippen molar-refractivity contribution in [2.24, 2.45) is 0 Å². The summed E-state index contributed by atoms with van der Waals surface area (Å²) in [5, 5.41) is 13.8. The highest BCUT2D eigenvalue weighted by Gasteiger charge is 2.12. The first kappa shape index (κ1) is 17.3. The van der Waals surface area contributed by atoms with E-state index in [1.807, 2.05) is 6.07 Å². The summed E-state index contributed by atoms with van der Waals surface area (Å²) >= 11 is 0. The number of anilines is 1. The number of amides is 1. The Morgan fingerprint density at radius 2 is 1.92 bits per heavy atom. The number of aromatic nitrogens is 2. The summed E-state index contributed by atoms with van der Waals surface area (Å²) in [6.07, 6.45) is 1.61. The molecule has 0 aliphatic rings. The molecular weight excluding hydrogens is 335 g/mol. The van der Waals surface area contributed by atoms with Crippen molar-refractivity contribution < 1.29 is 13.6 Å². The molecule has 1 heterocycles. The van der Waals surface area contributed by atoms with Gasteiger partial charge in [0.15, 0.2) is 0 Å². The number of carbonyl (C=O) groups is 1. The van der Waals surface area contributed by atoms with E-state index in [1.165, 1.54) is 12.1 Å². The van der Waals surface area contributed by atoms with E-state index < -0.39 is 0 Å². The molecule has 132 valence electrons. The molecule has 0 aliphatic heterocycles. The average Bonchev–Trinajstić information content (AvgIpc) is 3.14. The lowest BCUT2D eigenvalue weighted by molar-refractivity contribution is 0.0958. The minimum absolute atomic E-state index is 0.203. The van der Waals surface area contributed by atoms with Crippen LogP contribution in [0.5, 0.6) is 0 Å². The van der Waals surface area contributed by atoms with Gasteiger partial charge >= 0.3 is 0 Å². The van der Waals surface area contributed by atoms with Crippen molar-refractivity contribution in [3.05, 3.63) is 78.5 Å². The minimum Gasteiger partial charge on any atom is -0.419 e. The molecule has 0 unspecified atom stereocenters. The van der Waals surface area contributed by atoms with Crippen molar-refractivity contribution in [3.63, 3.8) is 0 Å². The van der Waals surface area contributed by atoms with Crippen molar-refractivity contribution in [2.75, 3.05) is 11.9 Å². The number of halogens is 1. The van der Waals surface area contributed by atoms with E-state index in [4.69, 9.17) is 4.42 Å². The van der Waals surface area contributed by atoms with Crippen molar-refractivity contribution in [3.8, 4) is 11.5 Å². The van der Waals surface area contributed by atoms with Crippen LogP contribution in [0.3, 0.4) is 0 Å². The Balaban J connectivity index is 1.69. The molecule has 7 heteroatoms. The van der Waals surface area contributed by atoms with Gasteiger partial charge in [0.1, 0.15) is 5.82 Å². The Hall–Kier alpha value is -3.48. The maximum atomic E-state index is 13.0. The molecular formula is C19H17FN4O2. The third-order valence-corrected chi connectivity index (χ3v) is 3.57. The van der Waals surface area contributed by atoms with Gasteiger partial charge in [0.2, 0.25) is 11.8 Å². The fraction of sp³-hybridized carbons (Fsp3) is 0.105. The van der Waals surface area contributed by atoms with Crippen LogP contribution in [0.15, 0.2) is 65.6 Å². The Morgan fingerprint density at radius 3 is 2.69 bits per heavy atom. The molecule has 0 aliphatic carbocycles. The first-order valence-corrected chi connectivity index (χ1v) is 7.97. The van der Waals surface area contributed by atoms with Gasteiger partial charge in [0, 0.05) is 17.8 Å². The monoisotopic (exact) mass is 352 g/mol. The second-order valence-corrected chi connectivity index (χ2v) is 5.41. The smallest absolute Gasteiger partial charge is 0.253 e. The molecule has 6 nitrogen and oxygen atoms in total. The van der Waals surface area contributed by atoms with E-state index in [2.05, 4.69) is 27.4 Å². The number of nitrogens with zero attached hydrogens (tertiary/aromatic N) is 2. The van der Waals surface area contributed by atoms with E-state index in [0.29, 0.717) is 35.1 Å². The number of benzene rings is 2. The molecule has 0 atom stereocenters. The molecule has 0 fully saturated rings. The van der Waals surface area contributed by atoms with Gasteiger partial charge < -0.3 is 15.1 Å². The first-order valence-electron chi connectivity index (χ1n) is 7.97. The zero-order chi connectivity index (χ0) is 18.4. The first-order chi connectivity index (χ1) is 12.7. The highest BCUT2D eigenvalue weighted by Crippen LogP contribution is 2.20. The lowest BCUT2D eigenvalue weighted by Crippen LogP contribution is -2.24. The predicted molar refractivity (Wildman–Crippen MR) is 96.0 cm³/mol. The number of para-hydroxylation sites is 1. The Kier molecular flexibility index (Phi) is 5.38. The van der Waals surface area contributed by atoms with Crippen LogP contribution >= 0.6 is 0 Å². The second-order valence-electron chi connectivity index (χ2n) is 5.41. The van der Waals surface area contributed by atoms with E-state index in [0.717, 1.165) is 0 Å². The average molecular weight is 352 g/mol. The van der Waals surface area contributed by atoms with Crippen molar-refractivity contribution in [2.45, 2.75) is 6.54 Å². The summed E-state index contributed by atoms with van der Waals surface area (Å²) in [4.78, 5) is 12.2. The van der Waals surface area contributed by atoms with Crippen LogP contribution in [0, 0.1) is 5.82 Å². The van der Waals surface area contributed by atoms with Gasteiger partial charge in [-0.2, -0.15) is 0 Å². The van der Waals surface area contributed by atoms with Crippen LogP contribution in [0.2, 0.25) is 0 Å². The van der Waals surface area contributed by atoms with Gasteiger partial charge in [-0.05, 0) is 36.4 Å². The minimum atomic E-state index is -0.332. The summed E-state index contributed by atoms with van der Waals surface area (Å²) < 4.78 is 18.6. The Bertz CT molecular complexity index is 906. The van der Waals surface area contributed by atoms with Gasteiger partial charge in [-0.15, -0.1) is 16.8 Å². The van der Waals surface area contributed by atoms with E-state index in [1.54, 1.807) is 36.4 Å². The highest BCUT2D eigenvalue weighted by atomic mass is 19.1. The van der Waals surface area contributed by atoms with Crippen LogP contribution in [0.25, 0.3) is 11.5 Å². The molecule has 3 aromatic rings. The van der Waals surface area contributed by atoms with Crippen LogP contribution in [-0.4, -0.2) is 22.6 Å². The summed E-state index contributed by atoms with van der Waals surface area (Å²) in [5.74, 6) is 0.122. The molecule has 1 aromatic heterocycles. The molecule has 2 aromatic carbocycles. The highest BCUT2D eigenvalue weighted by molar-refractivity contribution is 5.99. The predicted octanol–water partition coefficient (Wildman–Crippen LogP) is 3.40. The van der Waals surface area contributed by atoms with E-state index in [-0.39, 0.29) is 18.3 Å². The van der Waals surface area contributed by atoms with Crippen LogP contribution in [0.4, 0.5) is 10.1 Å². The lowest BCUT2D eigenvalue weighted by Gasteiger charge is -2.10. The molecule has 2 N–H and O–H groups in total. The molecule has 0 radical (unpaired) electrons. The number of hydrogen-bond acceptors (Lipinski definition) is 5. The van der Waals surface area contributed by atoms with Gasteiger partial charge in [0.25, 0.3) is 5.91 Å². The quantitative estimate of drug-likeness (QED) is 0.637. The Morgan fingerprint density at radius 1 is 1.15 bits per heavy atom.